The molecular weight excluding hydrogens is 453 g/mol. The van der Waals surface area contributed by atoms with E-state index in [2.05, 4.69) is 33.7 Å². The number of halogens is 1. The number of pyridine rings is 1. The molecule has 0 atom stereocenters. The molecule has 3 aromatic rings. The molecule has 0 spiro atoms. The van der Waals surface area contributed by atoms with Crippen molar-refractivity contribution in [2.24, 2.45) is 4.99 Å². The molecule has 144 valence electrons. The first-order chi connectivity index (χ1) is 12.7. The van der Waals surface area contributed by atoms with Gasteiger partial charge >= 0.3 is 0 Å². The largest absolute Gasteiger partial charge is 0.492 e. The van der Waals surface area contributed by atoms with Crippen molar-refractivity contribution in [3.8, 4) is 5.75 Å². The fourth-order valence-corrected chi connectivity index (χ4v) is 2.61. The first-order valence-electron chi connectivity index (χ1n) is 8.81. The SMILES string of the molecule is CN=C(NCCOc1ccc(C)cc1)NCCc1cn2ccccc2n1.I. The maximum absolute atomic E-state index is 5.71. The summed E-state index contributed by atoms with van der Waals surface area (Å²) in [5, 5.41) is 6.55. The van der Waals surface area contributed by atoms with E-state index >= 15 is 0 Å². The molecule has 0 aliphatic rings. The Morgan fingerprint density at radius 3 is 2.63 bits per heavy atom. The highest BCUT2D eigenvalue weighted by atomic mass is 127. The molecule has 0 amide bonds. The number of hydrogen-bond acceptors (Lipinski definition) is 3. The van der Waals surface area contributed by atoms with E-state index in [9.17, 15) is 0 Å². The average molecular weight is 479 g/mol. The molecular formula is C20H26IN5O. The van der Waals surface area contributed by atoms with E-state index < -0.39 is 0 Å². The Bertz CT molecular complexity index is 827. The molecule has 2 aromatic heterocycles. The molecule has 6 nitrogen and oxygen atoms in total. The lowest BCUT2D eigenvalue weighted by Crippen LogP contribution is -2.40. The van der Waals surface area contributed by atoms with Crippen LogP contribution in [-0.2, 0) is 6.42 Å². The zero-order valence-electron chi connectivity index (χ0n) is 15.7. The minimum absolute atomic E-state index is 0. The van der Waals surface area contributed by atoms with Crippen molar-refractivity contribution in [2.45, 2.75) is 13.3 Å². The van der Waals surface area contributed by atoms with Crippen molar-refractivity contribution in [3.05, 3.63) is 66.1 Å². The number of ether oxygens (including phenoxy) is 1. The molecule has 0 bridgehead atoms. The maximum Gasteiger partial charge on any atom is 0.191 e. The summed E-state index contributed by atoms with van der Waals surface area (Å²) in [6, 6.07) is 14.1. The topological polar surface area (TPSA) is 63.0 Å². The van der Waals surface area contributed by atoms with Gasteiger partial charge in [0.1, 0.15) is 18.0 Å². The Balaban J connectivity index is 0.00000261. The normalized spacial score (nSPS) is 11.1. The molecule has 2 heterocycles. The van der Waals surface area contributed by atoms with Crippen LogP contribution in [0.15, 0.2) is 59.9 Å². The van der Waals surface area contributed by atoms with Crippen molar-refractivity contribution in [1.29, 1.82) is 0 Å². The number of benzene rings is 1. The van der Waals surface area contributed by atoms with Gasteiger partial charge in [0.25, 0.3) is 0 Å². The Hall–Kier alpha value is -2.29. The van der Waals surface area contributed by atoms with Gasteiger partial charge in [-0.3, -0.25) is 4.99 Å². The van der Waals surface area contributed by atoms with Crippen LogP contribution in [0.25, 0.3) is 5.65 Å². The van der Waals surface area contributed by atoms with Gasteiger partial charge in [-0.2, -0.15) is 0 Å². The number of imidazole rings is 1. The molecule has 0 radical (unpaired) electrons. The van der Waals surface area contributed by atoms with Crippen molar-refractivity contribution in [2.75, 3.05) is 26.7 Å². The standard InChI is InChI=1S/C20H25N5O.HI/c1-16-6-8-18(9-7-16)26-14-12-23-20(21-2)22-11-10-17-15-25-13-4-3-5-19(25)24-17;/h3-9,13,15H,10-12,14H2,1-2H3,(H2,21,22,23);1H. The summed E-state index contributed by atoms with van der Waals surface area (Å²) in [6.45, 7) is 4.09. The van der Waals surface area contributed by atoms with Gasteiger partial charge in [0.05, 0.1) is 12.2 Å². The fourth-order valence-electron chi connectivity index (χ4n) is 2.61. The van der Waals surface area contributed by atoms with Gasteiger partial charge in [-0.15, -0.1) is 24.0 Å². The fraction of sp³-hybridized carbons (Fsp3) is 0.300. The summed E-state index contributed by atoms with van der Waals surface area (Å²) in [4.78, 5) is 8.82. The molecule has 0 saturated carbocycles. The van der Waals surface area contributed by atoms with Crippen molar-refractivity contribution in [1.82, 2.24) is 20.0 Å². The highest BCUT2D eigenvalue weighted by molar-refractivity contribution is 14.0. The molecule has 0 fully saturated rings. The van der Waals surface area contributed by atoms with Crippen LogP contribution in [0, 0.1) is 6.92 Å². The Kier molecular flexibility index (Phi) is 8.38. The van der Waals surface area contributed by atoms with Crippen LogP contribution in [0.1, 0.15) is 11.3 Å². The number of guanidine groups is 1. The first-order valence-corrected chi connectivity index (χ1v) is 8.81. The number of aryl methyl sites for hydroxylation is 1. The molecule has 3 rings (SSSR count). The Morgan fingerprint density at radius 1 is 1.11 bits per heavy atom. The smallest absolute Gasteiger partial charge is 0.191 e. The Morgan fingerprint density at radius 2 is 1.89 bits per heavy atom. The van der Waals surface area contributed by atoms with Crippen LogP contribution >= 0.6 is 24.0 Å². The minimum Gasteiger partial charge on any atom is -0.492 e. The Labute approximate surface area is 177 Å². The molecule has 2 N–H and O–H groups in total. The van der Waals surface area contributed by atoms with Gasteiger partial charge in [0, 0.05) is 32.4 Å². The predicted molar refractivity (Wildman–Crippen MR) is 120 cm³/mol. The van der Waals surface area contributed by atoms with E-state index in [4.69, 9.17) is 4.74 Å². The summed E-state index contributed by atoms with van der Waals surface area (Å²) >= 11 is 0. The van der Waals surface area contributed by atoms with E-state index in [-0.39, 0.29) is 24.0 Å². The van der Waals surface area contributed by atoms with Crippen LogP contribution in [0.5, 0.6) is 5.75 Å². The number of nitrogens with one attached hydrogen (secondary N) is 2. The lowest BCUT2D eigenvalue weighted by molar-refractivity contribution is 0.322. The van der Waals surface area contributed by atoms with Crippen LogP contribution < -0.4 is 15.4 Å². The third-order valence-electron chi connectivity index (χ3n) is 4.00. The third-order valence-corrected chi connectivity index (χ3v) is 4.00. The van der Waals surface area contributed by atoms with E-state index in [1.54, 1.807) is 7.05 Å². The van der Waals surface area contributed by atoms with E-state index in [1.165, 1.54) is 5.56 Å². The van der Waals surface area contributed by atoms with Crippen LogP contribution in [0.3, 0.4) is 0 Å². The van der Waals surface area contributed by atoms with Crippen LogP contribution in [0.4, 0.5) is 0 Å². The van der Waals surface area contributed by atoms with Crippen LogP contribution in [-0.4, -0.2) is 42.1 Å². The quantitative estimate of drug-likeness (QED) is 0.237. The van der Waals surface area contributed by atoms with Crippen molar-refractivity contribution in [3.63, 3.8) is 0 Å². The highest BCUT2D eigenvalue weighted by Crippen LogP contribution is 2.10. The molecule has 0 aliphatic heterocycles. The van der Waals surface area contributed by atoms with Crippen molar-refractivity contribution >= 4 is 35.6 Å². The van der Waals surface area contributed by atoms with Gasteiger partial charge in [-0.1, -0.05) is 23.8 Å². The van der Waals surface area contributed by atoms with Gasteiger partial charge in [0.15, 0.2) is 5.96 Å². The predicted octanol–water partition coefficient (Wildman–Crippen LogP) is 3.05. The number of hydrogen-bond donors (Lipinski definition) is 2. The lowest BCUT2D eigenvalue weighted by atomic mass is 10.2. The highest BCUT2D eigenvalue weighted by Gasteiger charge is 2.02. The number of aromatic nitrogens is 2. The van der Waals surface area contributed by atoms with E-state index in [1.807, 2.05) is 53.1 Å². The molecule has 27 heavy (non-hydrogen) atoms. The lowest BCUT2D eigenvalue weighted by Gasteiger charge is -2.12. The molecule has 0 saturated heterocycles. The summed E-state index contributed by atoms with van der Waals surface area (Å²) < 4.78 is 7.74. The second kappa shape index (κ2) is 10.8. The number of aliphatic imine (C=N–C) groups is 1. The zero-order chi connectivity index (χ0) is 18.2. The summed E-state index contributed by atoms with van der Waals surface area (Å²) in [6.07, 6.45) is 4.90. The number of nitrogens with zero attached hydrogens (tertiary/aromatic N) is 3. The first kappa shape index (κ1) is 21.0. The summed E-state index contributed by atoms with van der Waals surface area (Å²) in [5.41, 5.74) is 3.26. The summed E-state index contributed by atoms with van der Waals surface area (Å²) in [7, 11) is 1.76. The maximum atomic E-state index is 5.71. The van der Waals surface area contributed by atoms with E-state index in [0.29, 0.717) is 13.2 Å². The number of fused-ring (bicyclic) bond motifs is 1. The van der Waals surface area contributed by atoms with Gasteiger partial charge in [-0.05, 0) is 31.2 Å². The second-order valence-electron chi connectivity index (χ2n) is 6.04. The molecule has 1 aromatic carbocycles. The van der Waals surface area contributed by atoms with Crippen LogP contribution in [0.2, 0.25) is 0 Å². The average Bonchev–Trinajstić information content (AvgIpc) is 3.08. The molecule has 0 unspecified atom stereocenters. The summed E-state index contributed by atoms with van der Waals surface area (Å²) in [5.74, 6) is 1.65. The molecule has 7 heteroatoms. The monoisotopic (exact) mass is 479 g/mol. The van der Waals surface area contributed by atoms with Gasteiger partial charge < -0.3 is 19.8 Å². The third kappa shape index (κ3) is 6.42. The van der Waals surface area contributed by atoms with Gasteiger partial charge in [0.2, 0.25) is 0 Å². The molecule has 0 aliphatic carbocycles. The minimum atomic E-state index is 0. The van der Waals surface area contributed by atoms with Gasteiger partial charge in [-0.25, -0.2) is 4.98 Å². The van der Waals surface area contributed by atoms with E-state index in [0.717, 1.165) is 36.0 Å². The number of rotatable bonds is 7. The zero-order valence-corrected chi connectivity index (χ0v) is 18.0. The van der Waals surface area contributed by atoms with Crippen molar-refractivity contribution < 1.29 is 4.74 Å². The second-order valence-corrected chi connectivity index (χ2v) is 6.04.